The zero-order valence-corrected chi connectivity index (χ0v) is 15.6. The highest BCUT2D eigenvalue weighted by atomic mass is 32.2. The second-order valence-corrected chi connectivity index (χ2v) is 10.1. The highest BCUT2D eigenvalue weighted by Crippen LogP contribution is 2.45. The van der Waals surface area contributed by atoms with Gasteiger partial charge in [-0.2, -0.15) is 0 Å². The van der Waals surface area contributed by atoms with Crippen molar-refractivity contribution in [3.63, 3.8) is 0 Å². The molecule has 0 unspecified atom stereocenters. The van der Waals surface area contributed by atoms with Crippen LogP contribution in [0.2, 0.25) is 0 Å². The molecule has 1 fully saturated rings. The van der Waals surface area contributed by atoms with Crippen LogP contribution in [0.25, 0.3) is 0 Å². The fourth-order valence-electron chi connectivity index (χ4n) is 4.30. The maximum Gasteiger partial charge on any atom is 0.165 e. The van der Waals surface area contributed by atoms with Crippen LogP contribution >= 0.6 is 0 Å². The first-order chi connectivity index (χ1) is 11.6. The van der Waals surface area contributed by atoms with E-state index in [4.69, 9.17) is 11.5 Å². The molecule has 3 rings (SSSR count). The minimum atomic E-state index is -3.62. The first kappa shape index (κ1) is 18.2. The lowest BCUT2D eigenvalue weighted by molar-refractivity contribution is 0.313. The van der Waals surface area contributed by atoms with Gasteiger partial charge < -0.3 is 11.5 Å². The van der Waals surface area contributed by atoms with Crippen molar-refractivity contribution < 1.29 is 12.8 Å². The lowest BCUT2D eigenvalue weighted by Gasteiger charge is -2.45. The largest absolute Gasteiger partial charge is 0.399 e. The minimum absolute atomic E-state index is 0.0368. The zero-order valence-electron chi connectivity index (χ0n) is 14.8. The third kappa shape index (κ3) is 2.82. The summed E-state index contributed by atoms with van der Waals surface area (Å²) in [5.41, 5.74) is 11.3. The van der Waals surface area contributed by atoms with Gasteiger partial charge in [-0.1, -0.05) is 19.3 Å². The number of anilines is 1. The van der Waals surface area contributed by atoms with Crippen LogP contribution in [0, 0.1) is 11.7 Å². The fraction of sp³-hybridized carbons (Fsp3) is 0.611. The summed E-state index contributed by atoms with van der Waals surface area (Å²) in [6, 6.07) is 4.13. The van der Waals surface area contributed by atoms with Gasteiger partial charge in [-0.3, -0.25) is 4.99 Å². The lowest BCUT2D eigenvalue weighted by Crippen LogP contribution is -2.60. The number of amidine groups is 1. The maximum atomic E-state index is 14.4. The zero-order chi connectivity index (χ0) is 18.5. The average Bonchev–Trinajstić information content (AvgIpc) is 2.55. The highest BCUT2D eigenvalue weighted by molar-refractivity contribution is 7.93. The normalized spacial score (nSPS) is 33.0. The predicted octanol–water partition coefficient (Wildman–Crippen LogP) is 2.75. The Bertz CT molecular complexity index is 818. The maximum absolute atomic E-state index is 14.4. The number of hydrogen-bond acceptors (Lipinski definition) is 5. The van der Waals surface area contributed by atoms with E-state index in [1.165, 1.54) is 18.2 Å². The number of nitrogens with zero attached hydrogens (tertiary/aromatic N) is 1. The molecule has 4 N–H and O–H groups in total. The standard InChI is InChI=1S/C18H26FN3O2S/c1-17(14-10-13(20)8-9-15(14)19)11-25(23,24)18(2,16(21)22-17)12-6-4-3-5-7-12/h8-10,12H,3-7,11,20H2,1-2H3,(H2,21,22)/t17-,18-/m0/s1. The topological polar surface area (TPSA) is 98.5 Å². The number of hydrogen-bond donors (Lipinski definition) is 2. The Morgan fingerprint density at radius 2 is 1.80 bits per heavy atom. The van der Waals surface area contributed by atoms with E-state index in [1.807, 2.05) is 0 Å². The molecule has 7 heteroatoms. The SMILES string of the molecule is C[C@@]1(c2cc(N)ccc2F)CS(=O)(=O)[C@@](C)(C2CCCCC2)C(N)=N1. The molecule has 138 valence electrons. The molecule has 2 atom stereocenters. The second-order valence-electron chi connectivity index (χ2n) is 7.71. The van der Waals surface area contributed by atoms with E-state index in [-0.39, 0.29) is 23.1 Å². The second kappa shape index (κ2) is 5.97. The van der Waals surface area contributed by atoms with E-state index in [0.29, 0.717) is 5.69 Å². The van der Waals surface area contributed by atoms with E-state index in [2.05, 4.69) is 4.99 Å². The first-order valence-corrected chi connectivity index (χ1v) is 10.4. The van der Waals surface area contributed by atoms with Crippen LogP contribution in [0.1, 0.15) is 51.5 Å². The summed E-state index contributed by atoms with van der Waals surface area (Å²) in [6.07, 6.45) is 4.79. The van der Waals surface area contributed by atoms with Crippen LogP contribution in [0.4, 0.5) is 10.1 Å². The van der Waals surface area contributed by atoms with E-state index in [9.17, 15) is 12.8 Å². The predicted molar refractivity (Wildman–Crippen MR) is 98.6 cm³/mol. The lowest BCUT2D eigenvalue weighted by atomic mass is 9.79. The van der Waals surface area contributed by atoms with Crippen LogP contribution in [0.3, 0.4) is 0 Å². The summed E-state index contributed by atoms with van der Waals surface area (Å²) < 4.78 is 39.8. The molecule has 1 heterocycles. The number of sulfone groups is 1. The molecule has 0 aromatic heterocycles. The molecule has 0 radical (unpaired) electrons. The number of nitrogens with two attached hydrogens (primary N) is 2. The molecule has 0 bridgehead atoms. The van der Waals surface area contributed by atoms with Gasteiger partial charge in [0.15, 0.2) is 9.84 Å². The molecule has 0 saturated heterocycles. The summed E-state index contributed by atoms with van der Waals surface area (Å²) in [6.45, 7) is 3.29. The van der Waals surface area contributed by atoms with Crippen molar-refractivity contribution in [2.75, 3.05) is 11.5 Å². The summed E-state index contributed by atoms with van der Waals surface area (Å²) in [5.74, 6) is -0.737. The van der Waals surface area contributed by atoms with Gasteiger partial charge in [0.05, 0.1) is 5.75 Å². The molecule has 5 nitrogen and oxygen atoms in total. The van der Waals surface area contributed by atoms with Crippen molar-refractivity contribution in [3.05, 3.63) is 29.6 Å². The summed E-state index contributed by atoms with van der Waals surface area (Å²) in [4.78, 5) is 4.53. The van der Waals surface area contributed by atoms with E-state index < -0.39 is 25.9 Å². The Morgan fingerprint density at radius 1 is 1.16 bits per heavy atom. The summed E-state index contributed by atoms with van der Waals surface area (Å²) in [5, 5.41) is 0. The van der Waals surface area contributed by atoms with Gasteiger partial charge in [0.25, 0.3) is 0 Å². The van der Waals surface area contributed by atoms with Gasteiger partial charge in [-0.15, -0.1) is 0 Å². The summed E-state index contributed by atoms with van der Waals surface area (Å²) >= 11 is 0. The Kier molecular flexibility index (Phi) is 4.34. The monoisotopic (exact) mass is 367 g/mol. The third-order valence-corrected chi connectivity index (χ3v) is 8.72. The van der Waals surface area contributed by atoms with E-state index in [1.54, 1.807) is 13.8 Å². The summed E-state index contributed by atoms with van der Waals surface area (Å²) in [7, 11) is -3.62. The van der Waals surface area contributed by atoms with Crippen LogP contribution < -0.4 is 11.5 Å². The van der Waals surface area contributed by atoms with Gasteiger partial charge in [0.1, 0.15) is 21.9 Å². The van der Waals surface area contributed by atoms with Crippen molar-refractivity contribution in [1.29, 1.82) is 0 Å². The van der Waals surface area contributed by atoms with Crippen molar-refractivity contribution in [2.45, 2.75) is 56.2 Å². The van der Waals surface area contributed by atoms with Crippen molar-refractivity contribution in [3.8, 4) is 0 Å². The number of aliphatic imine (C=N–C) groups is 1. The smallest absolute Gasteiger partial charge is 0.165 e. The number of halogens is 1. The minimum Gasteiger partial charge on any atom is -0.399 e. The van der Waals surface area contributed by atoms with Crippen molar-refractivity contribution in [1.82, 2.24) is 0 Å². The van der Waals surface area contributed by atoms with Gasteiger partial charge in [-0.25, -0.2) is 12.8 Å². The molecule has 2 aliphatic rings. The van der Waals surface area contributed by atoms with Gasteiger partial charge in [0, 0.05) is 11.3 Å². The van der Waals surface area contributed by atoms with E-state index in [0.717, 1.165) is 32.1 Å². The number of benzene rings is 1. The van der Waals surface area contributed by atoms with Crippen molar-refractivity contribution >= 4 is 21.4 Å². The molecule has 1 aromatic rings. The van der Waals surface area contributed by atoms with Crippen LogP contribution in [0.15, 0.2) is 23.2 Å². The molecular weight excluding hydrogens is 341 g/mol. The molecule has 1 saturated carbocycles. The average molecular weight is 367 g/mol. The van der Waals surface area contributed by atoms with Crippen molar-refractivity contribution in [2.24, 2.45) is 16.6 Å². The van der Waals surface area contributed by atoms with Crippen LogP contribution in [-0.2, 0) is 15.4 Å². The third-order valence-electron chi connectivity index (χ3n) is 5.95. The molecule has 1 aliphatic carbocycles. The molecule has 0 amide bonds. The molecule has 1 aliphatic heterocycles. The number of rotatable bonds is 2. The Balaban J connectivity index is 2.12. The molecule has 25 heavy (non-hydrogen) atoms. The van der Waals surface area contributed by atoms with Gasteiger partial charge in [0.2, 0.25) is 0 Å². The van der Waals surface area contributed by atoms with E-state index >= 15 is 0 Å². The Hall–Kier alpha value is -1.63. The molecule has 1 aromatic carbocycles. The van der Waals surface area contributed by atoms with Crippen LogP contribution in [-0.4, -0.2) is 24.8 Å². The quantitative estimate of drug-likeness (QED) is 0.785. The Morgan fingerprint density at radius 3 is 2.40 bits per heavy atom. The van der Waals surface area contributed by atoms with Crippen LogP contribution in [0.5, 0.6) is 0 Å². The fourth-order valence-corrected chi connectivity index (χ4v) is 6.67. The molecular formula is C18H26FN3O2S. The Labute approximate surface area is 148 Å². The first-order valence-electron chi connectivity index (χ1n) is 8.74. The van der Waals surface area contributed by atoms with Gasteiger partial charge >= 0.3 is 0 Å². The van der Waals surface area contributed by atoms with Gasteiger partial charge in [-0.05, 0) is 50.8 Å². The molecule has 0 spiro atoms. The highest BCUT2D eigenvalue weighted by Gasteiger charge is 2.55. The number of nitrogen functional groups attached to an aromatic ring is 1.